The summed E-state index contributed by atoms with van der Waals surface area (Å²) >= 11 is 1.78. The van der Waals surface area contributed by atoms with Gasteiger partial charge in [0.2, 0.25) is 0 Å². The lowest BCUT2D eigenvalue weighted by molar-refractivity contribution is -0.0705. The first kappa shape index (κ1) is 14.9. The minimum absolute atomic E-state index is 0.117. The van der Waals surface area contributed by atoms with Crippen molar-refractivity contribution >= 4 is 11.3 Å². The maximum atomic E-state index is 6.15. The highest BCUT2D eigenvalue weighted by molar-refractivity contribution is 7.11. The number of ether oxygens (including phenoxy) is 1. The molecule has 108 valence electrons. The fraction of sp³-hybridized carbons (Fsp3) is 0.800. The molecule has 1 aromatic rings. The van der Waals surface area contributed by atoms with Gasteiger partial charge >= 0.3 is 0 Å². The van der Waals surface area contributed by atoms with Crippen molar-refractivity contribution in [3.05, 3.63) is 15.6 Å². The van der Waals surface area contributed by atoms with E-state index >= 15 is 0 Å². The van der Waals surface area contributed by atoms with Gasteiger partial charge in [-0.25, -0.2) is 4.98 Å². The fourth-order valence-electron chi connectivity index (χ4n) is 2.99. The maximum Gasteiger partial charge on any atom is 0.125 e. The lowest BCUT2D eigenvalue weighted by Crippen LogP contribution is -2.32. The third-order valence-corrected chi connectivity index (χ3v) is 5.23. The van der Waals surface area contributed by atoms with E-state index in [2.05, 4.69) is 13.8 Å². The van der Waals surface area contributed by atoms with Gasteiger partial charge in [0.25, 0.3) is 0 Å². The van der Waals surface area contributed by atoms with E-state index in [1.165, 1.54) is 34.8 Å². The van der Waals surface area contributed by atoms with Gasteiger partial charge in [-0.1, -0.05) is 32.6 Å². The van der Waals surface area contributed by atoms with Crippen LogP contribution in [0.15, 0.2) is 0 Å². The summed E-state index contributed by atoms with van der Waals surface area (Å²) in [6, 6.07) is 0. The molecule has 4 heteroatoms. The zero-order chi connectivity index (χ0) is 13.7. The van der Waals surface area contributed by atoms with Gasteiger partial charge in [0.1, 0.15) is 10.6 Å². The highest BCUT2D eigenvalue weighted by atomic mass is 32.1. The molecule has 2 N–H and O–H groups in total. The van der Waals surface area contributed by atoms with Gasteiger partial charge in [-0.15, -0.1) is 11.3 Å². The third kappa shape index (κ3) is 3.18. The highest BCUT2D eigenvalue weighted by Gasteiger charge is 2.38. The van der Waals surface area contributed by atoms with E-state index in [1.54, 1.807) is 11.3 Å². The second kappa shape index (κ2) is 6.82. The number of aromatic nitrogens is 1. The number of hydrogen-bond donors (Lipinski definition) is 1. The van der Waals surface area contributed by atoms with E-state index in [9.17, 15) is 0 Å². The minimum Gasteiger partial charge on any atom is -0.368 e. The van der Waals surface area contributed by atoms with E-state index in [0.717, 1.165) is 32.3 Å². The van der Waals surface area contributed by atoms with Gasteiger partial charge in [0, 0.05) is 18.0 Å². The zero-order valence-corrected chi connectivity index (χ0v) is 13.0. The van der Waals surface area contributed by atoms with Gasteiger partial charge in [-0.2, -0.15) is 0 Å². The molecular formula is C15H26N2OS. The summed E-state index contributed by atoms with van der Waals surface area (Å²) in [6.45, 7) is 5.65. The van der Waals surface area contributed by atoms with Crippen molar-refractivity contribution in [3.63, 3.8) is 0 Å². The Morgan fingerprint density at radius 1 is 1.26 bits per heavy atom. The first-order valence-corrected chi connectivity index (χ1v) is 8.40. The normalized spacial score (nSPS) is 18.7. The molecule has 0 radical (unpaired) electrons. The molecule has 1 aliphatic rings. The fourth-order valence-corrected chi connectivity index (χ4v) is 4.18. The number of nitrogens with zero attached hydrogens (tertiary/aromatic N) is 1. The first-order valence-electron chi connectivity index (χ1n) is 7.58. The van der Waals surface area contributed by atoms with E-state index in [1.807, 2.05) is 0 Å². The highest BCUT2D eigenvalue weighted by Crippen LogP contribution is 2.42. The summed E-state index contributed by atoms with van der Waals surface area (Å²) in [5, 5.41) is 1.18. The second-order valence-corrected chi connectivity index (χ2v) is 6.41. The van der Waals surface area contributed by atoms with Crippen molar-refractivity contribution in [1.82, 2.24) is 4.98 Å². The van der Waals surface area contributed by atoms with E-state index < -0.39 is 0 Å². The van der Waals surface area contributed by atoms with Crippen molar-refractivity contribution < 1.29 is 4.74 Å². The molecule has 0 saturated heterocycles. The Hall–Kier alpha value is -0.450. The van der Waals surface area contributed by atoms with Crippen LogP contribution < -0.4 is 5.73 Å². The molecule has 0 atom stereocenters. The Morgan fingerprint density at radius 2 is 2.00 bits per heavy atom. The molecule has 19 heavy (non-hydrogen) atoms. The van der Waals surface area contributed by atoms with Gasteiger partial charge in [0.15, 0.2) is 0 Å². The molecule has 1 aliphatic carbocycles. The predicted molar refractivity (Wildman–Crippen MR) is 80.4 cm³/mol. The number of rotatable bonds is 6. The summed E-state index contributed by atoms with van der Waals surface area (Å²) in [4.78, 5) is 6.15. The average molecular weight is 282 g/mol. The van der Waals surface area contributed by atoms with E-state index in [-0.39, 0.29) is 5.60 Å². The Morgan fingerprint density at radius 3 is 2.58 bits per heavy atom. The summed E-state index contributed by atoms with van der Waals surface area (Å²) in [6.07, 6.45) is 8.21. The molecule has 0 bridgehead atoms. The molecule has 1 fully saturated rings. The molecule has 2 rings (SSSR count). The van der Waals surface area contributed by atoms with Gasteiger partial charge in [-0.05, 0) is 26.2 Å². The van der Waals surface area contributed by atoms with Crippen molar-refractivity contribution in [1.29, 1.82) is 0 Å². The molecule has 0 unspecified atom stereocenters. The summed E-state index contributed by atoms with van der Waals surface area (Å²) in [7, 11) is 0. The van der Waals surface area contributed by atoms with Crippen LogP contribution in [0.2, 0.25) is 0 Å². The molecule has 0 spiro atoms. The summed E-state index contributed by atoms with van der Waals surface area (Å²) in [5.41, 5.74) is 6.96. The maximum absolute atomic E-state index is 6.15. The van der Waals surface area contributed by atoms with Crippen molar-refractivity contribution in [2.75, 3.05) is 6.61 Å². The molecular weight excluding hydrogens is 256 g/mol. The number of thiazole rings is 1. The largest absolute Gasteiger partial charge is 0.368 e. The lowest BCUT2D eigenvalue weighted by Gasteiger charge is -2.35. The van der Waals surface area contributed by atoms with Crippen molar-refractivity contribution in [3.8, 4) is 0 Å². The zero-order valence-electron chi connectivity index (χ0n) is 12.2. The molecule has 0 aliphatic heterocycles. The van der Waals surface area contributed by atoms with Crippen LogP contribution in [0.3, 0.4) is 0 Å². The van der Waals surface area contributed by atoms with Crippen LogP contribution in [0.5, 0.6) is 0 Å². The van der Waals surface area contributed by atoms with Gasteiger partial charge in [-0.3, -0.25) is 0 Å². The third-order valence-electron chi connectivity index (χ3n) is 3.92. The van der Waals surface area contributed by atoms with Crippen LogP contribution >= 0.6 is 11.3 Å². The Kier molecular flexibility index (Phi) is 5.37. The summed E-state index contributed by atoms with van der Waals surface area (Å²) in [5.74, 6) is 0. The van der Waals surface area contributed by atoms with E-state index in [0.29, 0.717) is 6.54 Å². The van der Waals surface area contributed by atoms with Gasteiger partial charge in [0.05, 0.1) is 5.69 Å². The Balaban J connectivity index is 2.30. The molecule has 1 aromatic heterocycles. The van der Waals surface area contributed by atoms with Gasteiger partial charge < -0.3 is 10.5 Å². The molecule has 1 saturated carbocycles. The smallest absolute Gasteiger partial charge is 0.125 e. The number of nitrogens with two attached hydrogens (primary N) is 1. The lowest BCUT2D eigenvalue weighted by atomic mass is 9.85. The van der Waals surface area contributed by atoms with Crippen LogP contribution in [0.1, 0.15) is 68.0 Å². The molecule has 0 amide bonds. The number of hydrogen-bond acceptors (Lipinski definition) is 4. The van der Waals surface area contributed by atoms with Crippen LogP contribution in [-0.2, 0) is 23.3 Å². The van der Waals surface area contributed by atoms with Crippen molar-refractivity contribution in [2.45, 2.75) is 70.9 Å². The Labute approximate surface area is 120 Å². The SMILES string of the molecule is CCCc1nc(C2(OCC)CCCCC2)sc1CN. The monoisotopic (exact) mass is 282 g/mol. The quantitative estimate of drug-likeness (QED) is 0.864. The molecule has 1 heterocycles. The second-order valence-electron chi connectivity index (χ2n) is 5.33. The molecule has 0 aromatic carbocycles. The van der Waals surface area contributed by atoms with Crippen molar-refractivity contribution in [2.24, 2.45) is 5.73 Å². The number of aryl methyl sites for hydroxylation is 1. The predicted octanol–water partition coefficient (Wildman–Crippen LogP) is 3.75. The minimum atomic E-state index is -0.117. The Bertz CT molecular complexity index is 391. The first-order chi connectivity index (χ1) is 9.25. The summed E-state index contributed by atoms with van der Waals surface area (Å²) < 4.78 is 6.15. The van der Waals surface area contributed by atoms with Crippen LogP contribution in [-0.4, -0.2) is 11.6 Å². The standard InChI is InChI=1S/C15H26N2OS/c1-3-8-12-13(11-16)19-14(17-12)15(18-4-2)9-6-5-7-10-15/h3-11,16H2,1-2H3. The topological polar surface area (TPSA) is 48.1 Å². The molecule has 3 nitrogen and oxygen atoms in total. The van der Waals surface area contributed by atoms with Crippen LogP contribution in [0.25, 0.3) is 0 Å². The average Bonchev–Trinajstić information content (AvgIpc) is 2.84. The van der Waals surface area contributed by atoms with E-state index in [4.69, 9.17) is 15.5 Å². The van der Waals surface area contributed by atoms with Crippen LogP contribution in [0, 0.1) is 0 Å². The van der Waals surface area contributed by atoms with Crippen LogP contribution in [0.4, 0.5) is 0 Å².